The Hall–Kier alpha value is -2.38. The van der Waals surface area contributed by atoms with Crippen molar-refractivity contribution in [2.45, 2.75) is 49.5 Å². The Balaban J connectivity index is 1.52. The number of aromatic nitrogens is 2. The van der Waals surface area contributed by atoms with E-state index in [4.69, 9.17) is 4.74 Å². The van der Waals surface area contributed by atoms with Crippen molar-refractivity contribution in [2.24, 2.45) is 5.92 Å². The number of anilines is 1. The molecule has 1 aromatic carbocycles. The van der Waals surface area contributed by atoms with Gasteiger partial charge in [-0.2, -0.15) is 0 Å². The van der Waals surface area contributed by atoms with Crippen LogP contribution in [-0.2, 0) is 21.2 Å². The van der Waals surface area contributed by atoms with Crippen molar-refractivity contribution >= 4 is 26.7 Å². The van der Waals surface area contributed by atoms with Gasteiger partial charge in [0.2, 0.25) is 0 Å². The zero-order chi connectivity index (χ0) is 21.4. The summed E-state index contributed by atoms with van der Waals surface area (Å²) in [7, 11) is -2.01. The van der Waals surface area contributed by atoms with Gasteiger partial charge >= 0.3 is 0 Å². The third-order valence-corrected chi connectivity index (χ3v) is 8.47. The minimum Gasteiger partial charge on any atom is -0.380 e. The van der Waals surface area contributed by atoms with E-state index in [2.05, 4.69) is 9.88 Å². The lowest BCUT2D eigenvalue weighted by Gasteiger charge is -2.19. The largest absolute Gasteiger partial charge is 0.380 e. The quantitative estimate of drug-likeness (QED) is 0.575. The maximum absolute atomic E-state index is 13.7. The summed E-state index contributed by atoms with van der Waals surface area (Å²) in [6.45, 7) is 1.64. The first-order chi connectivity index (χ1) is 15.1. The van der Waals surface area contributed by atoms with Crippen LogP contribution < -0.4 is 4.90 Å². The predicted octanol–water partition coefficient (Wildman–Crippen LogP) is 4.23. The lowest BCUT2D eigenvalue weighted by molar-refractivity contribution is 0.121. The number of nitrogens with zero attached hydrogens (tertiary/aromatic N) is 3. The number of ether oxygens (including phenoxy) is 1. The molecule has 5 rings (SSSR count). The highest BCUT2D eigenvalue weighted by molar-refractivity contribution is 7.90. The average molecular weight is 440 g/mol. The molecule has 164 valence electrons. The summed E-state index contributed by atoms with van der Waals surface area (Å²) in [6, 6.07) is 10.9. The van der Waals surface area contributed by atoms with Gasteiger partial charge in [0, 0.05) is 38.3 Å². The number of rotatable bonds is 6. The zero-order valence-corrected chi connectivity index (χ0v) is 18.7. The number of methoxy groups -OCH3 is 1. The van der Waals surface area contributed by atoms with Gasteiger partial charge in [0.15, 0.2) is 0 Å². The smallest absolute Gasteiger partial charge is 0.268 e. The molecule has 1 aliphatic heterocycles. The molecule has 1 saturated heterocycles. The topological polar surface area (TPSA) is 64.4 Å². The standard InChI is InChI=1S/C24H29N3O3S/c1-30-21-11-13-26(17-21)20-8-4-9-22(15-20)31(28,29)27-16-19(14-18-6-2-3-7-18)24-23(27)10-5-12-25-24/h4-5,8-10,12,15-16,18,21H,2-3,6-7,11,13-14,17H2,1H3/t21-/m1/s1. The monoisotopic (exact) mass is 439 g/mol. The van der Waals surface area contributed by atoms with Gasteiger partial charge in [-0.15, -0.1) is 0 Å². The van der Waals surface area contributed by atoms with Gasteiger partial charge in [0.1, 0.15) is 0 Å². The molecule has 3 heterocycles. The molecule has 2 aliphatic rings. The summed E-state index contributed by atoms with van der Waals surface area (Å²) in [5.74, 6) is 0.621. The Morgan fingerprint density at radius 2 is 1.97 bits per heavy atom. The Morgan fingerprint density at radius 3 is 2.74 bits per heavy atom. The lowest BCUT2D eigenvalue weighted by Crippen LogP contribution is -2.22. The first-order valence-corrected chi connectivity index (χ1v) is 12.6. The van der Waals surface area contributed by atoms with Crippen molar-refractivity contribution in [1.29, 1.82) is 0 Å². The van der Waals surface area contributed by atoms with E-state index in [1.807, 2.05) is 18.2 Å². The van der Waals surface area contributed by atoms with Crippen molar-refractivity contribution in [1.82, 2.24) is 8.96 Å². The molecular formula is C24H29N3O3S. The highest BCUT2D eigenvalue weighted by atomic mass is 32.2. The molecule has 31 heavy (non-hydrogen) atoms. The van der Waals surface area contributed by atoms with Gasteiger partial charge in [0.05, 0.1) is 22.0 Å². The third kappa shape index (κ3) is 3.85. The maximum Gasteiger partial charge on any atom is 0.268 e. The molecule has 3 aromatic rings. The second kappa shape index (κ2) is 8.28. The zero-order valence-electron chi connectivity index (χ0n) is 17.9. The van der Waals surface area contributed by atoms with E-state index in [1.165, 1.54) is 29.7 Å². The van der Waals surface area contributed by atoms with Crippen molar-refractivity contribution in [3.8, 4) is 0 Å². The number of hydrogen-bond acceptors (Lipinski definition) is 5. The van der Waals surface area contributed by atoms with Crippen molar-refractivity contribution in [3.05, 3.63) is 54.4 Å². The van der Waals surface area contributed by atoms with E-state index in [-0.39, 0.29) is 6.10 Å². The molecule has 2 aromatic heterocycles. The number of benzene rings is 1. The van der Waals surface area contributed by atoms with Crippen LogP contribution in [-0.4, -0.2) is 43.7 Å². The van der Waals surface area contributed by atoms with Crippen LogP contribution >= 0.6 is 0 Å². The summed E-state index contributed by atoms with van der Waals surface area (Å²) in [4.78, 5) is 7.04. The molecule has 1 atom stereocenters. The predicted molar refractivity (Wildman–Crippen MR) is 122 cm³/mol. The first kappa shape index (κ1) is 20.5. The van der Waals surface area contributed by atoms with E-state index in [0.29, 0.717) is 16.3 Å². The lowest BCUT2D eigenvalue weighted by atomic mass is 9.99. The Bertz CT molecular complexity index is 1180. The second-order valence-corrected chi connectivity index (χ2v) is 10.6. The van der Waals surface area contributed by atoms with E-state index < -0.39 is 10.0 Å². The highest BCUT2D eigenvalue weighted by Gasteiger charge is 2.26. The normalized spacial score (nSPS) is 20.2. The molecule has 0 bridgehead atoms. The molecule has 2 fully saturated rings. The molecule has 0 N–H and O–H groups in total. The Kier molecular flexibility index (Phi) is 5.48. The molecule has 1 aliphatic carbocycles. The van der Waals surface area contributed by atoms with E-state index in [0.717, 1.165) is 42.7 Å². The van der Waals surface area contributed by atoms with Crippen LogP contribution in [0.5, 0.6) is 0 Å². The van der Waals surface area contributed by atoms with Crippen LogP contribution in [0.15, 0.2) is 53.7 Å². The van der Waals surface area contributed by atoms with Crippen molar-refractivity contribution in [3.63, 3.8) is 0 Å². The summed E-state index contributed by atoms with van der Waals surface area (Å²) in [6.07, 6.45) is 10.5. The van der Waals surface area contributed by atoms with Crippen LogP contribution in [0, 0.1) is 5.92 Å². The Labute approximate surface area is 183 Å². The van der Waals surface area contributed by atoms with Crippen LogP contribution in [0.2, 0.25) is 0 Å². The molecule has 6 nitrogen and oxygen atoms in total. The van der Waals surface area contributed by atoms with Crippen LogP contribution in [0.25, 0.3) is 11.0 Å². The van der Waals surface area contributed by atoms with Crippen molar-refractivity contribution < 1.29 is 13.2 Å². The molecule has 0 radical (unpaired) electrons. The fourth-order valence-corrected chi connectivity index (χ4v) is 6.50. The number of fused-ring (bicyclic) bond motifs is 1. The highest BCUT2D eigenvalue weighted by Crippen LogP contribution is 2.33. The average Bonchev–Trinajstić information content (AvgIpc) is 3.55. The van der Waals surface area contributed by atoms with Crippen molar-refractivity contribution in [2.75, 3.05) is 25.1 Å². The third-order valence-electron chi connectivity index (χ3n) is 6.80. The van der Waals surface area contributed by atoms with Gasteiger partial charge in [0.25, 0.3) is 10.0 Å². The number of pyridine rings is 1. The van der Waals surface area contributed by atoms with Gasteiger partial charge in [-0.1, -0.05) is 31.7 Å². The SMILES string of the molecule is CO[C@@H]1CCN(c2cccc(S(=O)(=O)n3cc(CC4CCCC4)c4ncccc43)c2)C1. The minimum atomic E-state index is -3.73. The second-order valence-electron chi connectivity index (χ2n) is 8.77. The molecular weight excluding hydrogens is 410 g/mol. The van der Waals surface area contributed by atoms with Crippen LogP contribution in [0.1, 0.15) is 37.7 Å². The van der Waals surface area contributed by atoms with E-state index >= 15 is 0 Å². The summed E-state index contributed by atoms with van der Waals surface area (Å²) in [5, 5.41) is 0. The molecule has 7 heteroatoms. The molecule has 0 amide bonds. The van der Waals surface area contributed by atoms with Gasteiger partial charge in [-0.05, 0) is 54.7 Å². The molecule has 1 saturated carbocycles. The maximum atomic E-state index is 13.7. The molecule has 0 spiro atoms. The molecule has 0 unspecified atom stereocenters. The summed E-state index contributed by atoms with van der Waals surface area (Å²) >= 11 is 0. The van der Waals surface area contributed by atoms with Gasteiger partial charge in [-0.3, -0.25) is 4.98 Å². The minimum absolute atomic E-state index is 0.192. The van der Waals surface area contributed by atoms with Crippen LogP contribution in [0.4, 0.5) is 5.69 Å². The van der Waals surface area contributed by atoms with Gasteiger partial charge < -0.3 is 9.64 Å². The fourth-order valence-electron chi connectivity index (χ4n) is 5.08. The van der Waals surface area contributed by atoms with E-state index in [9.17, 15) is 8.42 Å². The van der Waals surface area contributed by atoms with Gasteiger partial charge in [-0.25, -0.2) is 12.4 Å². The van der Waals surface area contributed by atoms with Crippen LogP contribution in [0.3, 0.4) is 0 Å². The summed E-state index contributed by atoms with van der Waals surface area (Å²) in [5.41, 5.74) is 3.41. The number of hydrogen-bond donors (Lipinski definition) is 0. The summed E-state index contributed by atoms with van der Waals surface area (Å²) < 4.78 is 34.3. The Morgan fingerprint density at radius 1 is 1.13 bits per heavy atom. The first-order valence-electron chi connectivity index (χ1n) is 11.1. The van der Waals surface area contributed by atoms with E-state index in [1.54, 1.807) is 37.7 Å². The fraction of sp³-hybridized carbons (Fsp3) is 0.458.